The fraction of sp³-hybridized carbons (Fsp3) is 0.455. The lowest BCUT2D eigenvalue weighted by molar-refractivity contribution is 0.0954. The summed E-state index contributed by atoms with van der Waals surface area (Å²) in [4.78, 5) is 15.6. The van der Waals surface area contributed by atoms with Gasteiger partial charge in [-0.25, -0.2) is 13.4 Å². The fourth-order valence-electron chi connectivity index (χ4n) is 2.00. The minimum Gasteiger partial charge on any atom is -0.383 e. The Balaban J connectivity index is 1.99. The molecule has 1 aliphatic heterocycles. The number of aromatic nitrogens is 1. The van der Waals surface area contributed by atoms with E-state index < -0.39 is 15.1 Å². The van der Waals surface area contributed by atoms with Gasteiger partial charge in [-0.15, -0.1) is 0 Å². The molecule has 7 heteroatoms. The lowest BCUT2D eigenvalue weighted by atomic mass is 10.2. The van der Waals surface area contributed by atoms with Crippen LogP contribution in [0.5, 0.6) is 0 Å². The standard InChI is InChI=1S/C11H15N3O3S/c12-10-9(4-1-5-13-10)11(15)14-7-8-3-2-6-18(8,16)17/h1,4-5,8H,2-3,6-7H2,(H2,12,13)(H,14,15). The number of amides is 1. The maximum atomic E-state index is 11.8. The highest BCUT2D eigenvalue weighted by molar-refractivity contribution is 7.92. The molecule has 1 saturated heterocycles. The first kappa shape index (κ1) is 12.8. The maximum Gasteiger partial charge on any atom is 0.255 e. The van der Waals surface area contributed by atoms with E-state index in [1.807, 2.05) is 0 Å². The first-order valence-corrected chi connectivity index (χ1v) is 7.42. The Kier molecular flexibility index (Phi) is 3.51. The van der Waals surface area contributed by atoms with Crippen LogP contribution in [-0.2, 0) is 9.84 Å². The van der Waals surface area contributed by atoms with E-state index in [4.69, 9.17) is 5.73 Å². The molecule has 2 rings (SSSR count). The number of carbonyl (C=O) groups excluding carboxylic acids is 1. The number of pyridine rings is 1. The van der Waals surface area contributed by atoms with Gasteiger partial charge in [0.2, 0.25) is 0 Å². The normalized spacial score (nSPS) is 21.7. The van der Waals surface area contributed by atoms with Crippen molar-refractivity contribution >= 4 is 21.6 Å². The van der Waals surface area contributed by atoms with E-state index in [1.54, 1.807) is 12.1 Å². The van der Waals surface area contributed by atoms with Crippen molar-refractivity contribution in [2.45, 2.75) is 18.1 Å². The number of nitrogens with one attached hydrogen (secondary N) is 1. The highest BCUT2D eigenvalue weighted by atomic mass is 32.2. The molecule has 2 heterocycles. The monoisotopic (exact) mass is 269 g/mol. The zero-order chi connectivity index (χ0) is 13.2. The Bertz CT molecular complexity index is 556. The minimum atomic E-state index is -3.04. The number of hydrogen-bond acceptors (Lipinski definition) is 5. The van der Waals surface area contributed by atoms with E-state index in [9.17, 15) is 13.2 Å². The van der Waals surface area contributed by atoms with Gasteiger partial charge in [0.25, 0.3) is 5.91 Å². The molecule has 0 aliphatic carbocycles. The molecular weight excluding hydrogens is 254 g/mol. The summed E-state index contributed by atoms with van der Waals surface area (Å²) in [6.45, 7) is 0.134. The van der Waals surface area contributed by atoms with Crippen LogP contribution in [-0.4, -0.2) is 36.9 Å². The molecule has 1 atom stereocenters. The summed E-state index contributed by atoms with van der Waals surface area (Å²) < 4.78 is 23.2. The van der Waals surface area contributed by atoms with Crippen LogP contribution in [0.15, 0.2) is 18.3 Å². The summed E-state index contributed by atoms with van der Waals surface area (Å²) in [6.07, 6.45) is 2.76. The summed E-state index contributed by atoms with van der Waals surface area (Å²) in [5.74, 6) is -0.0327. The number of carbonyl (C=O) groups is 1. The molecule has 1 aromatic heterocycles. The lowest BCUT2D eigenvalue weighted by Gasteiger charge is -2.11. The molecule has 1 amide bonds. The SMILES string of the molecule is Nc1ncccc1C(=O)NCC1CCCS1(=O)=O. The quantitative estimate of drug-likeness (QED) is 0.802. The van der Waals surface area contributed by atoms with Crippen LogP contribution in [0.25, 0.3) is 0 Å². The summed E-state index contributed by atoms with van der Waals surface area (Å²) in [7, 11) is -3.04. The zero-order valence-electron chi connectivity index (χ0n) is 9.80. The van der Waals surface area contributed by atoms with Crippen molar-refractivity contribution in [3.8, 4) is 0 Å². The van der Waals surface area contributed by atoms with Gasteiger partial charge in [-0.3, -0.25) is 4.79 Å². The van der Waals surface area contributed by atoms with Crippen molar-refractivity contribution in [3.05, 3.63) is 23.9 Å². The van der Waals surface area contributed by atoms with Crippen LogP contribution in [0.2, 0.25) is 0 Å². The number of nitrogens with zero attached hydrogens (tertiary/aromatic N) is 1. The highest BCUT2D eigenvalue weighted by Crippen LogP contribution is 2.19. The molecule has 1 fully saturated rings. The van der Waals surface area contributed by atoms with E-state index in [-0.39, 0.29) is 29.6 Å². The van der Waals surface area contributed by atoms with E-state index >= 15 is 0 Å². The largest absolute Gasteiger partial charge is 0.383 e. The Morgan fingerprint density at radius 2 is 2.33 bits per heavy atom. The van der Waals surface area contributed by atoms with Crippen molar-refractivity contribution in [1.29, 1.82) is 0 Å². The Morgan fingerprint density at radius 3 is 2.94 bits per heavy atom. The maximum absolute atomic E-state index is 11.8. The number of anilines is 1. The Hall–Kier alpha value is -1.63. The average molecular weight is 269 g/mol. The average Bonchev–Trinajstić information content (AvgIpc) is 2.66. The molecule has 1 aromatic rings. The molecule has 0 aromatic carbocycles. The molecular formula is C11H15N3O3S. The van der Waals surface area contributed by atoms with Crippen molar-refractivity contribution in [3.63, 3.8) is 0 Å². The molecule has 98 valence electrons. The van der Waals surface area contributed by atoms with Gasteiger partial charge in [-0.2, -0.15) is 0 Å². The van der Waals surface area contributed by atoms with Crippen LogP contribution in [0.1, 0.15) is 23.2 Å². The highest BCUT2D eigenvalue weighted by Gasteiger charge is 2.31. The van der Waals surface area contributed by atoms with Crippen molar-refractivity contribution in [2.24, 2.45) is 0 Å². The fourth-order valence-corrected chi connectivity index (χ4v) is 3.76. The number of rotatable bonds is 3. The number of nitrogen functional groups attached to an aromatic ring is 1. The van der Waals surface area contributed by atoms with Gasteiger partial charge in [-0.1, -0.05) is 0 Å². The van der Waals surface area contributed by atoms with Crippen molar-refractivity contribution in [1.82, 2.24) is 10.3 Å². The van der Waals surface area contributed by atoms with E-state index in [1.165, 1.54) is 6.20 Å². The molecule has 18 heavy (non-hydrogen) atoms. The van der Waals surface area contributed by atoms with E-state index in [0.29, 0.717) is 12.8 Å². The molecule has 0 bridgehead atoms. The molecule has 6 nitrogen and oxygen atoms in total. The van der Waals surface area contributed by atoms with Crippen molar-refractivity contribution < 1.29 is 13.2 Å². The molecule has 0 spiro atoms. The third kappa shape index (κ3) is 2.61. The molecule has 3 N–H and O–H groups in total. The Labute approximate surface area is 106 Å². The number of hydrogen-bond donors (Lipinski definition) is 2. The topological polar surface area (TPSA) is 102 Å². The van der Waals surface area contributed by atoms with Crippen LogP contribution in [0.4, 0.5) is 5.82 Å². The lowest BCUT2D eigenvalue weighted by Crippen LogP contribution is -2.35. The number of sulfone groups is 1. The molecule has 1 aliphatic rings. The van der Waals surface area contributed by atoms with Gasteiger partial charge >= 0.3 is 0 Å². The van der Waals surface area contributed by atoms with Gasteiger partial charge in [0.1, 0.15) is 5.82 Å². The predicted molar refractivity (Wildman–Crippen MR) is 67.8 cm³/mol. The second kappa shape index (κ2) is 4.93. The summed E-state index contributed by atoms with van der Waals surface area (Å²) in [6, 6.07) is 3.17. The molecule has 0 radical (unpaired) electrons. The van der Waals surface area contributed by atoms with Gasteiger partial charge in [0, 0.05) is 12.7 Å². The van der Waals surface area contributed by atoms with E-state index in [0.717, 1.165) is 0 Å². The smallest absolute Gasteiger partial charge is 0.255 e. The Morgan fingerprint density at radius 1 is 1.56 bits per heavy atom. The first-order valence-electron chi connectivity index (χ1n) is 5.71. The van der Waals surface area contributed by atoms with Crippen molar-refractivity contribution in [2.75, 3.05) is 18.0 Å². The first-order chi connectivity index (χ1) is 8.50. The second-order valence-corrected chi connectivity index (χ2v) is 6.68. The minimum absolute atomic E-state index is 0.134. The number of nitrogens with two attached hydrogens (primary N) is 1. The molecule has 1 unspecified atom stereocenters. The predicted octanol–water partition coefficient (Wildman–Crippen LogP) is -0.0292. The van der Waals surface area contributed by atoms with Crippen LogP contribution in [0.3, 0.4) is 0 Å². The van der Waals surface area contributed by atoms with Gasteiger partial charge < -0.3 is 11.1 Å². The summed E-state index contributed by atoms with van der Waals surface area (Å²) >= 11 is 0. The van der Waals surface area contributed by atoms with Gasteiger partial charge in [-0.05, 0) is 25.0 Å². The second-order valence-electron chi connectivity index (χ2n) is 4.28. The van der Waals surface area contributed by atoms with Gasteiger partial charge in [0.05, 0.1) is 16.6 Å². The van der Waals surface area contributed by atoms with Crippen LogP contribution < -0.4 is 11.1 Å². The van der Waals surface area contributed by atoms with Gasteiger partial charge in [0.15, 0.2) is 9.84 Å². The van der Waals surface area contributed by atoms with Crippen LogP contribution >= 0.6 is 0 Å². The third-order valence-electron chi connectivity index (χ3n) is 3.04. The zero-order valence-corrected chi connectivity index (χ0v) is 10.6. The summed E-state index contributed by atoms with van der Waals surface area (Å²) in [5.41, 5.74) is 5.84. The summed E-state index contributed by atoms with van der Waals surface area (Å²) in [5, 5.41) is 2.13. The molecule has 0 saturated carbocycles. The third-order valence-corrected chi connectivity index (χ3v) is 5.31. The van der Waals surface area contributed by atoms with E-state index in [2.05, 4.69) is 10.3 Å². The van der Waals surface area contributed by atoms with Crippen LogP contribution in [0, 0.1) is 0 Å².